The number of carbonyl (C=O) groups is 1. The van der Waals surface area contributed by atoms with Crippen LogP contribution in [0.2, 0.25) is 0 Å². The van der Waals surface area contributed by atoms with Crippen molar-refractivity contribution in [2.75, 3.05) is 7.11 Å². The van der Waals surface area contributed by atoms with Crippen molar-refractivity contribution in [1.29, 1.82) is 0 Å². The highest BCUT2D eigenvalue weighted by atomic mass is 32.2. The number of nitrogens with zero attached hydrogens (tertiary/aromatic N) is 1. The Bertz CT molecular complexity index is 589. The number of hydrogen-bond acceptors (Lipinski definition) is 4. The van der Waals surface area contributed by atoms with Gasteiger partial charge in [-0.15, -0.1) is 11.8 Å². The minimum atomic E-state index is -0.414. The van der Waals surface area contributed by atoms with Gasteiger partial charge in [-0.2, -0.15) is 0 Å². The zero-order chi connectivity index (χ0) is 13.7. The zero-order valence-electron chi connectivity index (χ0n) is 10.3. The van der Waals surface area contributed by atoms with Crippen molar-refractivity contribution in [3.63, 3.8) is 0 Å². The standard InChI is InChI=1S/C14H12FNO2S/c1-18-14(17)12-6-3-7-16-13(12)9-19-11-5-2-4-10(15)8-11/h2-8H,9H2,1H3. The Hall–Kier alpha value is -1.88. The molecule has 2 aromatic rings. The van der Waals surface area contributed by atoms with Gasteiger partial charge in [0, 0.05) is 16.8 Å². The van der Waals surface area contributed by atoms with Crippen molar-refractivity contribution in [3.05, 3.63) is 59.7 Å². The van der Waals surface area contributed by atoms with Gasteiger partial charge < -0.3 is 4.74 Å². The normalized spacial score (nSPS) is 10.2. The minimum Gasteiger partial charge on any atom is -0.465 e. The van der Waals surface area contributed by atoms with Crippen LogP contribution in [0, 0.1) is 5.82 Å². The molecule has 5 heteroatoms. The zero-order valence-corrected chi connectivity index (χ0v) is 11.1. The molecule has 0 radical (unpaired) electrons. The van der Waals surface area contributed by atoms with E-state index in [1.165, 1.54) is 31.0 Å². The smallest absolute Gasteiger partial charge is 0.339 e. The van der Waals surface area contributed by atoms with E-state index in [1.54, 1.807) is 24.4 Å². The molecule has 19 heavy (non-hydrogen) atoms. The first-order valence-electron chi connectivity index (χ1n) is 5.61. The van der Waals surface area contributed by atoms with E-state index in [9.17, 15) is 9.18 Å². The second kappa shape index (κ2) is 6.33. The van der Waals surface area contributed by atoms with Gasteiger partial charge in [0.15, 0.2) is 0 Å². The number of aromatic nitrogens is 1. The topological polar surface area (TPSA) is 39.2 Å². The van der Waals surface area contributed by atoms with E-state index in [0.717, 1.165) is 4.90 Å². The SMILES string of the molecule is COC(=O)c1cccnc1CSc1cccc(F)c1. The Morgan fingerprint density at radius 1 is 1.37 bits per heavy atom. The molecule has 0 aliphatic heterocycles. The predicted molar refractivity (Wildman–Crippen MR) is 71.5 cm³/mol. The summed E-state index contributed by atoms with van der Waals surface area (Å²) in [6.45, 7) is 0. The van der Waals surface area contributed by atoms with Gasteiger partial charge in [-0.3, -0.25) is 4.98 Å². The van der Waals surface area contributed by atoms with Crippen LogP contribution in [0.15, 0.2) is 47.5 Å². The third kappa shape index (κ3) is 3.54. The maximum Gasteiger partial charge on any atom is 0.339 e. The molecule has 0 fully saturated rings. The number of benzene rings is 1. The van der Waals surface area contributed by atoms with E-state index < -0.39 is 5.97 Å². The summed E-state index contributed by atoms with van der Waals surface area (Å²) in [5, 5.41) is 0. The van der Waals surface area contributed by atoms with Gasteiger partial charge in [0.2, 0.25) is 0 Å². The van der Waals surface area contributed by atoms with Crippen LogP contribution in [0.4, 0.5) is 4.39 Å². The summed E-state index contributed by atoms with van der Waals surface area (Å²) in [6.07, 6.45) is 1.62. The molecule has 1 heterocycles. The highest BCUT2D eigenvalue weighted by Crippen LogP contribution is 2.24. The van der Waals surface area contributed by atoms with Crippen LogP contribution in [0.1, 0.15) is 16.1 Å². The molecule has 3 nitrogen and oxygen atoms in total. The molecule has 0 aliphatic rings. The van der Waals surface area contributed by atoms with E-state index in [4.69, 9.17) is 4.74 Å². The number of methoxy groups -OCH3 is 1. The third-order valence-corrected chi connectivity index (χ3v) is 3.47. The van der Waals surface area contributed by atoms with Crippen molar-refractivity contribution < 1.29 is 13.9 Å². The molecule has 0 atom stereocenters. The van der Waals surface area contributed by atoms with Crippen LogP contribution < -0.4 is 0 Å². The molecule has 0 spiro atoms. The molecule has 0 aliphatic carbocycles. The number of pyridine rings is 1. The fourth-order valence-corrected chi connectivity index (χ4v) is 2.46. The number of halogens is 1. The monoisotopic (exact) mass is 277 g/mol. The number of thioether (sulfide) groups is 1. The van der Waals surface area contributed by atoms with Crippen molar-refractivity contribution >= 4 is 17.7 Å². The summed E-state index contributed by atoms with van der Waals surface area (Å²) >= 11 is 1.42. The lowest BCUT2D eigenvalue weighted by atomic mass is 10.2. The second-order valence-electron chi connectivity index (χ2n) is 3.74. The molecular weight excluding hydrogens is 265 g/mol. The van der Waals surface area contributed by atoms with Crippen molar-refractivity contribution in [2.45, 2.75) is 10.6 Å². The van der Waals surface area contributed by atoms with Gasteiger partial charge >= 0.3 is 5.97 Å². The summed E-state index contributed by atoms with van der Waals surface area (Å²) in [7, 11) is 1.33. The Morgan fingerprint density at radius 3 is 2.95 bits per heavy atom. The number of rotatable bonds is 4. The highest BCUT2D eigenvalue weighted by molar-refractivity contribution is 7.98. The van der Waals surface area contributed by atoms with E-state index >= 15 is 0 Å². The van der Waals surface area contributed by atoms with Gasteiger partial charge in [-0.1, -0.05) is 6.07 Å². The minimum absolute atomic E-state index is 0.279. The first-order chi connectivity index (χ1) is 9.20. The predicted octanol–water partition coefficient (Wildman–Crippen LogP) is 3.30. The van der Waals surface area contributed by atoms with E-state index in [2.05, 4.69) is 4.98 Å². The average molecular weight is 277 g/mol. The lowest BCUT2D eigenvalue weighted by Gasteiger charge is -2.06. The van der Waals surface area contributed by atoms with Gasteiger partial charge in [0.05, 0.1) is 18.4 Å². The first-order valence-corrected chi connectivity index (χ1v) is 6.60. The lowest BCUT2D eigenvalue weighted by Crippen LogP contribution is -2.06. The Balaban J connectivity index is 2.13. The molecule has 1 aromatic heterocycles. The van der Waals surface area contributed by atoms with Gasteiger partial charge in [0.25, 0.3) is 0 Å². The maximum atomic E-state index is 13.1. The van der Waals surface area contributed by atoms with Crippen LogP contribution in [0.25, 0.3) is 0 Å². The van der Waals surface area contributed by atoms with Crippen LogP contribution in [0.5, 0.6) is 0 Å². The molecular formula is C14H12FNO2S. The van der Waals surface area contributed by atoms with Crippen molar-refractivity contribution in [1.82, 2.24) is 4.98 Å². The molecule has 2 rings (SSSR count). The fourth-order valence-electron chi connectivity index (χ4n) is 1.56. The molecule has 0 bridgehead atoms. The summed E-state index contributed by atoms with van der Waals surface area (Å²) in [5.74, 6) is -0.212. The van der Waals surface area contributed by atoms with Gasteiger partial charge in [-0.25, -0.2) is 9.18 Å². The van der Waals surface area contributed by atoms with Gasteiger partial charge in [0.1, 0.15) is 5.82 Å². The van der Waals surface area contributed by atoms with Crippen molar-refractivity contribution in [2.24, 2.45) is 0 Å². The van der Waals surface area contributed by atoms with E-state index in [1.807, 2.05) is 6.07 Å². The fraction of sp³-hybridized carbons (Fsp3) is 0.143. The molecule has 1 aromatic carbocycles. The summed E-state index contributed by atoms with van der Waals surface area (Å²) < 4.78 is 17.8. The Morgan fingerprint density at radius 2 is 2.21 bits per heavy atom. The van der Waals surface area contributed by atoms with Crippen molar-refractivity contribution in [3.8, 4) is 0 Å². The number of carbonyl (C=O) groups excluding carboxylic acids is 1. The molecule has 0 saturated carbocycles. The van der Waals surface area contributed by atoms with E-state index in [-0.39, 0.29) is 5.82 Å². The molecule has 0 saturated heterocycles. The maximum absolute atomic E-state index is 13.1. The number of hydrogen-bond donors (Lipinski definition) is 0. The lowest BCUT2D eigenvalue weighted by molar-refractivity contribution is 0.0599. The first kappa shape index (κ1) is 13.5. The molecule has 0 N–H and O–H groups in total. The molecule has 98 valence electrons. The largest absolute Gasteiger partial charge is 0.465 e. The van der Waals surface area contributed by atoms with Crippen LogP contribution >= 0.6 is 11.8 Å². The van der Waals surface area contributed by atoms with Gasteiger partial charge in [-0.05, 0) is 30.3 Å². The van der Waals surface area contributed by atoms with Crippen LogP contribution in [-0.2, 0) is 10.5 Å². The summed E-state index contributed by atoms with van der Waals surface area (Å²) in [4.78, 5) is 16.5. The molecule has 0 unspecified atom stereocenters. The van der Waals surface area contributed by atoms with E-state index in [0.29, 0.717) is 17.0 Å². The number of ether oxygens (including phenoxy) is 1. The number of esters is 1. The van der Waals surface area contributed by atoms with Crippen LogP contribution in [-0.4, -0.2) is 18.1 Å². The second-order valence-corrected chi connectivity index (χ2v) is 4.78. The Labute approximate surface area is 114 Å². The summed E-state index contributed by atoms with van der Waals surface area (Å²) in [5.41, 5.74) is 1.07. The quantitative estimate of drug-likeness (QED) is 0.635. The summed E-state index contributed by atoms with van der Waals surface area (Å²) in [6, 6.07) is 9.66. The average Bonchev–Trinajstić information content (AvgIpc) is 2.45. The van der Waals surface area contributed by atoms with Crippen LogP contribution in [0.3, 0.4) is 0 Å². The molecule has 0 amide bonds. The Kier molecular flexibility index (Phi) is 4.52. The third-order valence-electron chi connectivity index (χ3n) is 2.47. The highest BCUT2D eigenvalue weighted by Gasteiger charge is 2.12.